The summed E-state index contributed by atoms with van der Waals surface area (Å²) in [6.45, 7) is 0. The number of aromatic nitrogens is 1. The molecule has 0 atom stereocenters. The van der Waals surface area contributed by atoms with E-state index in [1.54, 1.807) is 0 Å². The summed E-state index contributed by atoms with van der Waals surface area (Å²) in [5, 5.41) is 11.9. The molecule has 1 heterocycles. The normalized spacial score (nSPS) is 10.4. The van der Waals surface area contributed by atoms with Crippen LogP contribution in [0.25, 0.3) is 11.3 Å². The minimum atomic E-state index is -1.22. The Labute approximate surface area is 106 Å². The average molecular weight is 272 g/mol. The molecule has 0 amide bonds. The highest BCUT2D eigenvalue weighted by Crippen LogP contribution is 2.32. The van der Waals surface area contributed by atoms with E-state index in [1.807, 2.05) is 0 Å². The lowest BCUT2D eigenvalue weighted by Gasteiger charge is -2.05. The molecule has 2 aromatic rings. The number of hydrogen-bond acceptors (Lipinski definition) is 4. The first kappa shape index (κ1) is 12.4. The monoisotopic (exact) mass is 271 g/mol. The molecule has 5 nitrogen and oxygen atoms in total. The van der Waals surface area contributed by atoms with Crippen LogP contribution >= 0.6 is 11.6 Å². The van der Waals surface area contributed by atoms with Crippen molar-refractivity contribution in [1.29, 1.82) is 0 Å². The van der Waals surface area contributed by atoms with Gasteiger partial charge in [0.15, 0.2) is 23.0 Å². The van der Waals surface area contributed by atoms with Crippen molar-refractivity contribution in [2.45, 2.75) is 0 Å². The highest BCUT2D eigenvalue weighted by Gasteiger charge is 2.16. The largest absolute Gasteiger partial charge is 0.494 e. The molecule has 0 unspecified atom stereocenters. The number of aromatic carboxylic acids is 1. The second kappa shape index (κ2) is 4.66. The van der Waals surface area contributed by atoms with Gasteiger partial charge in [-0.25, -0.2) is 9.18 Å². The Morgan fingerprint density at radius 1 is 1.50 bits per heavy atom. The predicted molar refractivity (Wildman–Crippen MR) is 60.4 cm³/mol. The van der Waals surface area contributed by atoms with Crippen molar-refractivity contribution in [2.24, 2.45) is 0 Å². The van der Waals surface area contributed by atoms with Crippen LogP contribution in [0.5, 0.6) is 5.75 Å². The molecule has 0 aliphatic rings. The smallest absolute Gasteiger partial charge is 0.358 e. The minimum absolute atomic E-state index is 0.0641. The van der Waals surface area contributed by atoms with E-state index in [0.29, 0.717) is 5.56 Å². The summed E-state index contributed by atoms with van der Waals surface area (Å²) in [6, 6.07) is 3.85. The van der Waals surface area contributed by atoms with Gasteiger partial charge in [-0.15, -0.1) is 0 Å². The number of rotatable bonds is 3. The Bertz CT molecular complexity index is 611. The average Bonchev–Trinajstić information content (AvgIpc) is 2.82. The Kier molecular flexibility index (Phi) is 3.20. The topological polar surface area (TPSA) is 72.6 Å². The van der Waals surface area contributed by atoms with Gasteiger partial charge < -0.3 is 14.4 Å². The number of halogens is 2. The summed E-state index contributed by atoms with van der Waals surface area (Å²) in [5.41, 5.74) is 0.127. The van der Waals surface area contributed by atoms with Gasteiger partial charge in [0.25, 0.3) is 0 Å². The number of hydrogen-bond donors (Lipinski definition) is 1. The molecule has 0 radical (unpaired) electrons. The van der Waals surface area contributed by atoms with Crippen molar-refractivity contribution in [2.75, 3.05) is 7.11 Å². The number of methoxy groups -OCH3 is 1. The standard InChI is InChI=1S/C11H7ClFNO4/c1-17-9-3-5(2-6(12)10(9)13)8-4-7(11(15)16)14-18-8/h2-4H,1H3,(H,15,16). The molecule has 0 aliphatic carbocycles. The quantitative estimate of drug-likeness (QED) is 0.929. The van der Waals surface area contributed by atoms with Crippen LogP contribution in [-0.2, 0) is 0 Å². The summed E-state index contributed by atoms with van der Waals surface area (Å²) in [7, 11) is 1.29. The first-order valence-electron chi connectivity index (χ1n) is 4.76. The SMILES string of the molecule is COc1cc(-c2cc(C(=O)O)no2)cc(Cl)c1F. The molecule has 0 bridgehead atoms. The van der Waals surface area contributed by atoms with Crippen molar-refractivity contribution in [1.82, 2.24) is 5.16 Å². The van der Waals surface area contributed by atoms with Crippen LogP contribution in [0.15, 0.2) is 22.7 Å². The molecule has 1 aromatic carbocycles. The van der Waals surface area contributed by atoms with E-state index in [4.69, 9.17) is 26.0 Å². The van der Waals surface area contributed by atoms with Crippen LogP contribution in [0, 0.1) is 5.82 Å². The molecule has 7 heteroatoms. The van der Waals surface area contributed by atoms with E-state index in [-0.39, 0.29) is 22.2 Å². The van der Waals surface area contributed by atoms with Crippen molar-refractivity contribution in [3.05, 3.63) is 34.7 Å². The molecular weight excluding hydrogens is 265 g/mol. The number of carbonyl (C=O) groups is 1. The summed E-state index contributed by atoms with van der Waals surface area (Å²) in [5.74, 6) is -1.82. The van der Waals surface area contributed by atoms with Gasteiger partial charge in [-0.3, -0.25) is 0 Å². The fourth-order valence-corrected chi connectivity index (χ4v) is 1.58. The maximum atomic E-state index is 13.4. The van der Waals surface area contributed by atoms with Crippen molar-refractivity contribution in [3.8, 4) is 17.1 Å². The van der Waals surface area contributed by atoms with Crippen LogP contribution in [0.3, 0.4) is 0 Å². The van der Waals surface area contributed by atoms with Crippen molar-refractivity contribution >= 4 is 17.6 Å². The zero-order chi connectivity index (χ0) is 13.3. The number of benzene rings is 1. The number of carboxylic acids is 1. The van der Waals surface area contributed by atoms with E-state index < -0.39 is 11.8 Å². The van der Waals surface area contributed by atoms with Gasteiger partial charge in [-0.1, -0.05) is 16.8 Å². The van der Waals surface area contributed by atoms with E-state index in [9.17, 15) is 9.18 Å². The Morgan fingerprint density at radius 2 is 2.22 bits per heavy atom. The molecule has 18 heavy (non-hydrogen) atoms. The molecule has 0 aliphatic heterocycles. The fourth-order valence-electron chi connectivity index (χ4n) is 1.37. The van der Waals surface area contributed by atoms with Crippen LogP contribution in [-0.4, -0.2) is 23.3 Å². The lowest BCUT2D eigenvalue weighted by atomic mass is 10.1. The van der Waals surface area contributed by atoms with Gasteiger partial charge >= 0.3 is 5.97 Å². The zero-order valence-electron chi connectivity index (χ0n) is 9.11. The first-order chi connectivity index (χ1) is 8.52. The second-order valence-electron chi connectivity index (χ2n) is 3.36. The Morgan fingerprint density at radius 3 is 2.78 bits per heavy atom. The lowest BCUT2D eigenvalue weighted by Crippen LogP contribution is -1.94. The van der Waals surface area contributed by atoms with Gasteiger partial charge in [-0.2, -0.15) is 0 Å². The molecule has 0 saturated heterocycles. The number of ether oxygens (including phenoxy) is 1. The molecular formula is C11H7ClFNO4. The van der Waals surface area contributed by atoms with Gasteiger partial charge in [0.05, 0.1) is 12.1 Å². The van der Waals surface area contributed by atoms with Crippen molar-refractivity contribution < 1.29 is 23.6 Å². The molecule has 0 fully saturated rings. The predicted octanol–water partition coefficient (Wildman–Crippen LogP) is 2.84. The number of carboxylic acid groups (broad SMARTS) is 1. The van der Waals surface area contributed by atoms with Crippen LogP contribution in [0.4, 0.5) is 4.39 Å². The summed E-state index contributed by atoms with van der Waals surface area (Å²) >= 11 is 5.68. The Balaban J connectivity index is 2.50. The Hall–Kier alpha value is -2.08. The van der Waals surface area contributed by atoms with Gasteiger partial charge in [0.1, 0.15) is 0 Å². The molecule has 0 spiro atoms. The maximum absolute atomic E-state index is 13.4. The third-order valence-electron chi connectivity index (χ3n) is 2.23. The van der Waals surface area contributed by atoms with Crippen LogP contribution < -0.4 is 4.74 Å². The summed E-state index contributed by atoms with van der Waals surface area (Å²) in [6.07, 6.45) is 0. The fraction of sp³-hybridized carbons (Fsp3) is 0.0909. The van der Waals surface area contributed by atoms with E-state index in [0.717, 1.165) is 0 Å². The van der Waals surface area contributed by atoms with E-state index in [1.165, 1.54) is 25.3 Å². The second-order valence-corrected chi connectivity index (χ2v) is 3.76. The van der Waals surface area contributed by atoms with E-state index in [2.05, 4.69) is 5.16 Å². The maximum Gasteiger partial charge on any atom is 0.358 e. The highest BCUT2D eigenvalue weighted by atomic mass is 35.5. The summed E-state index contributed by atoms with van der Waals surface area (Å²) < 4.78 is 23.1. The van der Waals surface area contributed by atoms with Gasteiger partial charge in [0, 0.05) is 11.6 Å². The summed E-state index contributed by atoms with van der Waals surface area (Å²) in [4.78, 5) is 10.7. The van der Waals surface area contributed by atoms with E-state index >= 15 is 0 Å². The lowest BCUT2D eigenvalue weighted by molar-refractivity contribution is 0.0686. The number of nitrogens with zero attached hydrogens (tertiary/aromatic N) is 1. The minimum Gasteiger partial charge on any atom is -0.494 e. The molecule has 1 N–H and O–H groups in total. The first-order valence-corrected chi connectivity index (χ1v) is 5.14. The molecule has 1 aromatic heterocycles. The van der Waals surface area contributed by atoms with Crippen molar-refractivity contribution in [3.63, 3.8) is 0 Å². The van der Waals surface area contributed by atoms with Crippen LogP contribution in [0.1, 0.15) is 10.5 Å². The van der Waals surface area contributed by atoms with Gasteiger partial charge in [-0.05, 0) is 12.1 Å². The zero-order valence-corrected chi connectivity index (χ0v) is 9.86. The molecule has 0 saturated carbocycles. The van der Waals surface area contributed by atoms with Gasteiger partial charge in [0.2, 0.25) is 0 Å². The molecule has 2 rings (SSSR count). The highest BCUT2D eigenvalue weighted by molar-refractivity contribution is 6.31. The van der Waals surface area contributed by atoms with Crippen LogP contribution in [0.2, 0.25) is 5.02 Å². The third-order valence-corrected chi connectivity index (χ3v) is 2.50. The molecule has 94 valence electrons. The third kappa shape index (κ3) is 2.14.